The van der Waals surface area contributed by atoms with Crippen molar-refractivity contribution in [3.63, 3.8) is 0 Å². The van der Waals surface area contributed by atoms with Crippen LogP contribution in [0.1, 0.15) is 18.0 Å². The topological polar surface area (TPSA) is 24.5 Å². The fourth-order valence-corrected chi connectivity index (χ4v) is 3.70. The molecule has 1 saturated heterocycles. The molecule has 0 aromatic heterocycles. The van der Waals surface area contributed by atoms with Crippen LogP contribution in [0.15, 0.2) is 23.1 Å². The van der Waals surface area contributed by atoms with Gasteiger partial charge in [0.05, 0.1) is 13.2 Å². The van der Waals surface area contributed by atoms with E-state index >= 15 is 0 Å². The van der Waals surface area contributed by atoms with Crippen molar-refractivity contribution in [1.82, 2.24) is 10.4 Å². The first-order valence-corrected chi connectivity index (χ1v) is 7.70. The van der Waals surface area contributed by atoms with Gasteiger partial charge < -0.3 is 4.74 Å². The number of thioether (sulfide) groups is 1. The summed E-state index contributed by atoms with van der Waals surface area (Å²) in [4.78, 5) is 1.36. The van der Waals surface area contributed by atoms with Gasteiger partial charge >= 0.3 is 0 Å². The zero-order chi connectivity index (χ0) is 12.4. The predicted octanol–water partition coefficient (Wildman–Crippen LogP) is 2.71. The van der Waals surface area contributed by atoms with E-state index in [-0.39, 0.29) is 0 Å². The van der Waals surface area contributed by atoms with E-state index in [1.807, 2.05) is 17.8 Å². The highest BCUT2D eigenvalue weighted by Crippen LogP contribution is 2.37. The summed E-state index contributed by atoms with van der Waals surface area (Å²) in [5.41, 5.74) is 4.96. The number of ether oxygens (including phenoxy) is 1. The monoisotopic (exact) mass is 284 g/mol. The maximum absolute atomic E-state index is 6.11. The van der Waals surface area contributed by atoms with E-state index in [2.05, 4.69) is 22.6 Å². The average molecular weight is 285 g/mol. The zero-order valence-corrected chi connectivity index (χ0v) is 11.8. The quantitative estimate of drug-likeness (QED) is 0.902. The van der Waals surface area contributed by atoms with Crippen molar-refractivity contribution in [2.24, 2.45) is 0 Å². The van der Waals surface area contributed by atoms with Gasteiger partial charge in [-0.1, -0.05) is 11.6 Å². The van der Waals surface area contributed by atoms with Crippen molar-refractivity contribution in [1.29, 1.82) is 0 Å². The van der Waals surface area contributed by atoms with Crippen LogP contribution in [-0.4, -0.2) is 37.1 Å². The highest BCUT2D eigenvalue weighted by Gasteiger charge is 2.23. The minimum absolute atomic E-state index is 0.387. The van der Waals surface area contributed by atoms with Crippen LogP contribution in [-0.2, 0) is 4.74 Å². The van der Waals surface area contributed by atoms with Gasteiger partial charge in [-0.3, -0.25) is 0 Å². The van der Waals surface area contributed by atoms with Crippen molar-refractivity contribution in [3.8, 4) is 0 Å². The van der Waals surface area contributed by atoms with Crippen LogP contribution < -0.4 is 5.43 Å². The largest absolute Gasteiger partial charge is 0.379 e. The van der Waals surface area contributed by atoms with Crippen LogP contribution in [0.25, 0.3) is 0 Å². The summed E-state index contributed by atoms with van der Waals surface area (Å²) in [5, 5.41) is 3.10. The molecule has 0 amide bonds. The summed E-state index contributed by atoms with van der Waals surface area (Å²) >= 11 is 8.04. The first-order chi connectivity index (χ1) is 8.83. The Bertz CT molecular complexity index is 423. The summed E-state index contributed by atoms with van der Waals surface area (Å²) in [6.07, 6.45) is 1.15. The van der Waals surface area contributed by atoms with Crippen LogP contribution in [0.4, 0.5) is 0 Å². The lowest BCUT2D eigenvalue weighted by molar-refractivity contribution is 0.00273. The van der Waals surface area contributed by atoms with Gasteiger partial charge in [0, 0.05) is 29.0 Å². The van der Waals surface area contributed by atoms with E-state index in [0.717, 1.165) is 43.5 Å². The number of hydrazine groups is 1. The van der Waals surface area contributed by atoms with E-state index < -0.39 is 0 Å². The van der Waals surface area contributed by atoms with Gasteiger partial charge in [-0.15, -0.1) is 11.8 Å². The summed E-state index contributed by atoms with van der Waals surface area (Å²) < 4.78 is 5.37. The Labute approximate surface area is 117 Å². The lowest BCUT2D eigenvalue weighted by Crippen LogP contribution is -2.47. The third-order valence-corrected chi connectivity index (χ3v) is 4.72. The summed E-state index contributed by atoms with van der Waals surface area (Å²) in [5.74, 6) is 1.16. The summed E-state index contributed by atoms with van der Waals surface area (Å²) in [7, 11) is 0. The second-order valence-corrected chi connectivity index (χ2v) is 6.17. The molecular weight excluding hydrogens is 268 g/mol. The number of benzene rings is 1. The molecule has 0 radical (unpaired) electrons. The fraction of sp³-hybridized carbons (Fsp3) is 0.538. The van der Waals surface area contributed by atoms with E-state index in [0.29, 0.717) is 6.04 Å². The van der Waals surface area contributed by atoms with Crippen LogP contribution >= 0.6 is 23.4 Å². The Morgan fingerprint density at radius 3 is 3.00 bits per heavy atom. The molecule has 2 aliphatic rings. The molecular formula is C13H17ClN2OS. The molecule has 2 heterocycles. The van der Waals surface area contributed by atoms with Crippen molar-refractivity contribution < 1.29 is 4.74 Å². The molecule has 98 valence electrons. The Kier molecular flexibility index (Phi) is 4.11. The molecule has 5 heteroatoms. The number of nitrogens with one attached hydrogen (secondary N) is 1. The number of nitrogens with zero attached hydrogens (tertiary/aromatic N) is 1. The van der Waals surface area contributed by atoms with Crippen molar-refractivity contribution in [3.05, 3.63) is 28.8 Å². The lowest BCUT2D eigenvalue weighted by Gasteiger charge is -2.34. The van der Waals surface area contributed by atoms with Gasteiger partial charge in [0.25, 0.3) is 0 Å². The molecule has 1 aromatic rings. The lowest BCUT2D eigenvalue weighted by atomic mass is 10.0. The Balaban J connectivity index is 1.75. The van der Waals surface area contributed by atoms with Crippen molar-refractivity contribution in [2.75, 3.05) is 32.1 Å². The minimum Gasteiger partial charge on any atom is -0.379 e. The van der Waals surface area contributed by atoms with Gasteiger partial charge in [-0.25, -0.2) is 10.4 Å². The third kappa shape index (κ3) is 2.83. The van der Waals surface area contributed by atoms with Crippen LogP contribution in [0, 0.1) is 0 Å². The van der Waals surface area contributed by atoms with Crippen LogP contribution in [0.5, 0.6) is 0 Å². The smallest absolute Gasteiger partial charge is 0.0608 e. The molecule has 3 nitrogen and oxygen atoms in total. The van der Waals surface area contributed by atoms with Gasteiger partial charge in [0.15, 0.2) is 0 Å². The molecule has 0 aliphatic carbocycles. The molecule has 0 bridgehead atoms. The van der Waals surface area contributed by atoms with Crippen LogP contribution in [0.2, 0.25) is 5.02 Å². The predicted molar refractivity (Wildman–Crippen MR) is 75.1 cm³/mol. The molecule has 3 rings (SSSR count). The molecule has 1 atom stereocenters. The van der Waals surface area contributed by atoms with Crippen molar-refractivity contribution >= 4 is 23.4 Å². The molecule has 2 aliphatic heterocycles. The van der Waals surface area contributed by atoms with E-state index in [9.17, 15) is 0 Å². The van der Waals surface area contributed by atoms with Gasteiger partial charge in [0.2, 0.25) is 0 Å². The number of halogens is 1. The Morgan fingerprint density at radius 1 is 1.33 bits per heavy atom. The molecule has 0 saturated carbocycles. The van der Waals surface area contributed by atoms with E-state index in [1.165, 1.54) is 10.5 Å². The Morgan fingerprint density at radius 2 is 2.17 bits per heavy atom. The number of hydrogen-bond acceptors (Lipinski definition) is 4. The normalized spacial score (nSPS) is 24.8. The molecule has 18 heavy (non-hydrogen) atoms. The molecule has 0 spiro atoms. The maximum atomic E-state index is 6.11. The van der Waals surface area contributed by atoms with Gasteiger partial charge in [0.1, 0.15) is 0 Å². The van der Waals surface area contributed by atoms with E-state index in [1.54, 1.807) is 0 Å². The first kappa shape index (κ1) is 12.8. The van der Waals surface area contributed by atoms with E-state index in [4.69, 9.17) is 16.3 Å². The highest BCUT2D eigenvalue weighted by molar-refractivity contribution is 7.99. The summed E-state index contributed by atoms with van der Waals surface area (Å²) in [6.45, 7) is 3.55. The molecule has 1 unspecified atom stereocenters. The van der Waals surface area contributed by atoms with Crippen LogP contribution in [0.3, 0.4) is 0 Å². The molecule has 1 fully saturated rings. The first-order valence-electron chi connectivity index (χ1n) is 6.34. The Hall–Kier alpha value is -0.260. The average Bonchev–Trinajstić information content (AvgIpc) is 2.41. The second-order valence-electron chi connectivity index (χ2n) is 4.60. The standard InChI is InChI=1S/C13H17ClN2OS/c14-10-1-2-13-11(9-10)12(3-8-18-13)15-16-4-6-17-7-5-16/h1-2,9,12,15H,3-8H2. The minimum atomic E-state index is 0.387. The second kappa shape index (κ2) is 5.80. The fourth-order valence-electron chi connectivity index (χ4n) is 2.41. The number of hydrogen-bond donors (Lipinski definition) is 1. The SMILES string of the molecule is Clc1ccc2c(c1)C(NN1CCOCC1)CCS2. The van der Waals surface area contributed by atoms with Crippen molar-refractivity contribution in [2.45, 2.75) is 17.4 Å². The summed E-state index contributed by atoms with van der Waals surface area (Å²) in [6, 6.07) is 6.60. The number of rotatable bonds is 2. The highest BCUT2D eigenvalue weighted by atomic mass is 35.5. The maximum Gasteiger partial charge on any atom is 0.0608 e. The third-order valence-electron chi connectivity index (χ3n) is 3.36. The van der Waals surface area contributed by atoms with Gasteiger partial charge in [-0.05, 0) is 35.9 Å². The number of fused-ring (bicyclic) bond motifs is 1. The van der Waals surface area contributed by atoms with Gasteiger partial charge in [-0.2, -0.15) is 0 Å². The molecule has 1 aromatic carbocycles. The zero-order valence-electron chi connectivity index (χ0n) is 10.2. The molecule has 1 N–H and O–H groups in total. The number of morpholine rings is 1.